The van der Waals surface area contributed by atoms with Crippen molar-refractivity contribution >= 4 is 27.5 Å². The monoisotopic (exact) mass is 315 g/mol. The van der Waals surface area contributed by atoms with Gasteiger partial charge >= 0.3 is 0 Å². The molecule has 0 aliphatic heterocycles. The van der Waals surface area contributed by atoms with Gasteiger partial charge in [0.25, 0.3) is 5.91 Å². The number of nitrogens with one attached hydrogen (secondary N) is 1. The van der Waals surface area contributed by atoms with Gasteiger partial charge in [-0.25, -0.2) is 0 Å². The molecule has 5 heteroatoms. The van der Waals surface area contributed by atoms with Crippen molar-refractivity contribution in [2.45, 2.75) is 26.1 Å². The third-order valence-electron chi connectivity index (χ3n) is 2.71. The van der Waals surface area contributed by atoms with E-state index in [1.54, 1.807) is 21.0 Å². The number of ether oxygens (including phenoxy) is 2. The summed E-state index contributed by atoms with van der Waals surface area (Å²) in [5.41, 5.74) is 0.758. The Kier molecular flexibility index (Phi) is 5.31. The minimum atomic E-state index is -0.868. The average Bonchev–Trinajstić information content (AvgIpc) is 2.33. The summed E-state index contributed by atoms with van der Waals surface area (Å²) < 4.78 is 11.2. The minimum Gasteiger partial charge on any atom is -0.380 e. The number of hydrogen-bond donors (Lipinski definition) is 1. The van der Waals surface area contributed by atoms with Crippen molar-refractivity contribution in [1.29, 1.82) is 0 Å². The average molecular weight is 316 g/mol. The van der Waals surface area contributed by atoms with Crippen LogP contribution in [-0.4, -0.2) is 25.7 Å². The number of anilines is 1. The Morgan fingerprint density at radius 3 is 2.61 bits per heavy atom. The predicted molar refractivity (Wildman–Crippen MR) is 74.6 cm³/mol. The van der Waals surface area contributed by atoms with Gasteiger partial charge in [-0.15, -0.1) is 0 Å². The molecule has 1 aromatic carbocycles. The maximum atomic E-state index is 12.0. The van der Waals surface area contributed by atoms with E-state index in [-0.39, 0.29) is 5.91 Å². The molecule has 100 valence electrons. The van der Waals surface area contributed by atoms with Crippen LogP contribution in [-0.2, 0) is 20.9 Å². The summed E-state index contributed by atoms with van der Waals surface area (Å²) in [5.74, 6) is -0.194. The molecule has 1 rings (SSSR count). The second kappa shape index (κ2) is 6.31. The lowest BCUT2D eigenvalue weighted by molar-refractivity contribution is -0.133. The van der Waals surface area contributed by atoms with Crippen LogP contribution in [0.2, 0.25) is 0 Å². The molecular formula is C13H18BrNO3. The molecule has 0 saturated carbocycles. The number of halogens is 1. The number of methoxy groups -OCH3 is 2. The van der Waals surface area contributed by atoms with Crippen LogP contribution in [0.25, 0.3) is 0 Å². The van der Waals surface area contributed by atoms with Crippen molar-refractivity contribution in [3.05, 3.63) is 28.2 Å². The summed E-state index contributed by atoms with van der Waals surface area (Å²) in [4.78, 5) is 12.0. The first kappa shape index (κ1) is 15.1. The third-order valence-corrected chi connectivity index (χ3v) is 3.46. The Balaban J connectivity index is 2.97. The van der Waals surface area contributed by atoms with Crippen LogP contribution in [0.3, 0.4) is 0 Å². The molecule has 0 radical (unpaired) electrons. The molecule has 0 heterocycles. The fourth-order valence-electron chi connectivity index (χ4n) is 1.33. The standard InChI is InChI=1S/C13H18BrNO3/c1-13(2,18-4)12(16)15-11-7-5-6-10(14)9(11)8-17-3/h5-7H,8H2,1-4H3,(H,15,16). The summed E-state index contributed by atoms with van der Waals surface area (Å²) in [7, 11) is 3.13. The largest absolute Gasteiger partial charge is 0.380 e. The van der Waals surface area contributed by atoms with Crippen LogP contribution in [0.1, 0.15) is 19.4 Å². The molecule has 18 heavy (non-hydrogen) atoms. The van der Waals surface area contributed by atoms with Gasteiger partial charge in [-0.2, -0.15) is 0 Å². The molecule has 0 aliphatic rings. The number of carbonyl (C=O) groups is 1. The Bertz CT molecular complexity index is 432. The van der Waals surface area contributed by atoms with Gasteiger partial charge in [0.05, 0.1) is 6.61 Å². The normalized spacial score (nSPS) is 11.4. The van der Waals surface area contributed by atoms with E-state index in [0.717, 1.165) is 15.7 Å². The van der Waals surface area contributed by atoms with Gasteiger partial charge in [0.1, 0.15) is 5.60 Å². The second-order valence-electron chi connectivity index (χ2n) is 4.37. The van der Waals surface area contributed by atoms with E-state index >= 15 is 0 Å². The lowest BCUT2D eigenvalue weighted by Gasteiger charge is -2.22. The molecule has 0 bridgehead atoms. The van der Waals surface area contributed by atoms with E-state index in [1.165, 1.54) is 7.11 Å². The molecule has 0 saturated heterocycles. The van der Waals surface area contributed by atoms with E-state index < -0.39 is 5.60 Å². The second-order valence-corrected chi connectivity index (χ2v) is 5.22. The van der Waals surface area contributed by atoms with Gasteiger partial charge in [0.2, 0.25) is 0 Å². The molecule has 4 nitrogen and oxygen atoms in total. The Morgan fingerprint density at radius 1 is 1.39 bits per heavy atom. The van der Waals surface area contributed by atoms with Gasteiger partial charge < -0.3 is 14.8 Å². The van der Waals surface area contributed by atoms with Crippen LogP contribution in [0.15, 0.2) is 22.7 Å². The number of amides is 1. The molecule has 0 fully saturated rings. The lowest BCUT2D eigenvalue weighted by atomic mass is 10.1. The highest BCUT2D eigenvalue weighted by Gasteiger charge is 2.27. The van der Waals surface area contributed by atoms with E-state index in [1.807, 2.05) is 18.2 Å². The van der Waals surface area contributed by atoms with Crippen molar-refractivity contribution in [3.63, 3.8) is 0 Å². The molecular weight excluding hydrogens is 298 g/mol. The van der Waals surface area contributed by atoms with Gasteiger partial charge in [0.15, 0.2) is 0 Å². The maximum Gasteiger partial charge on any atom is 0.256 e. The van der Waals surface area contributed by atoms with Crippen LogP contribution >= 0.6 is 15.9 Å². The number of benzene rings is 1. The highest BCUT2D eigenvalue weighted by molar-refractivity contribution is 9.10. The molecule has 1 N–H and O–H groups in total. The summed E-state index contributed by atoms with van der Waals surface area (Å²) >= 11 is 3.44. The summed E-state index contributed by atoms with van der Waals surface area (Å²) in [5, 5.41) is 2.85. The molecule has 0 aliphatic carbocycles. The summed E-state index contributed by atoms with van der Waals surface area (Å²) in [6.45, 7) is 3.86. The van der Waals surface area contributed by atoms with Crippen molar-refractivity contribution in [1.82, 2.24) is 0 Å². The first-order valence-electron chi connectivity index (χ1n) is 5.55. The minimum absolute atomic E-state index is 0.194. The fraction of sp³-hybridized carbons (Fsp3) is 0.462. The molecule has 0 aromatic heterocycles. The van der Waals surface area contributed by atoms with E-state index in [2.05, 4.69) is 21.2 Å². The van der Waals surface area contributed by atoms with E-state index in [0.29, 0.717) is 6.61 Å². The molecule has 0 atom stereocenters. The summed E-state index contributed by atoms with van der Waals surface area (Å²) in [6.07, 6.45) is 0. The van der Waals surface area contributed by atoms with E-state index in [9.17, 15) is 4.79 Å². The van der Waals surface area contributed by atoms with Gasteiger partial charge in [-0.1, -0.05) is 22.0 Å². The molecule has 0 unspecified atom stereocenters. The fourth-order valence-corrected chi connectivity index (χ4v) is 1.81. The maximum absolute atomic E-state index is 12.0. The van der Waals surface area contributed by atoms with Crippen molar-refractivity contribution in [2.24, 2.45) is 0 Å². The Labute approximate surface area is 116 Å². The van der Waals surface area contributed by atoms with Crippen LogP contribution in [0, 0.1) is 0 Å². The third kappa shape index (κ3) is 3.54. The van der Waals surface area contributed by atoms with Gasteiger partial charge in [-0.05, 0) is 26.0 Å². The smallest absolute Gasteiger partial charge is 0.256 e. The number of rotatable bonds is 5. The van der Waals surface area contributed by atoms with Crippen molar-refractivity contribution in [2.75, 3.05) is 19.5 Å². The lowest BCUT2D eigenvalue weighted by Crippen LogP contribution is -2.39. The summed E-state index contributed by atoms with van der Waals surface area (Å²) in [6, 6.07) is 5.60. The topological polar surface area (TPSA) is 47.6 Å². The number of hydrogen-bond acceptors (Lipinski definition) is 3. The van der Waals surface area contributed by atoms with Crippen LogP contribution in [0.5, 0.6) is 0 Å². The molecule has 1 aromatic rings. The first-order valence-corrected chi connectivity index (χ1v) is 6.34. The zero-order valence-corrected chi connectivity index (χ0v) is 12.6. The Morgan fingerprint density at radius 2 is 2.06 bits per heavy atom. The van der Waals surface area contributed by atoms with Crippen LogP contribution < -0.4 is 5.32 Å². The highest BCUT2D eigenvalue weighted by atomic mass is 79.9. The molecule has 0 spiro atoms. The predicted octanol–water partition coefficient (Wildman–Crippen LogP) is 2.96. The zero-order valence-electron chi connectivity index (χ0n) is 11.0. The van der Waals surface area contributed by atoms with Crippen molar-refractivity contribution < 1.29 is 14.3 Å². The highest BCUT2D eigenvalue weighted by Crippen LogP contribution is 2.26. The quantitative estimate of drug-likeness (QED) is 0.908. The molecule has 1 amide bonds. The number of carbonyl (C=O) groups excluding carboxylic acids is 1. The van der Waals surface area contributed by atoms with Gasteiger partial charge in [-0.3, -0.25) is 4.79 Å². The van der Waals surface area contributed by atoms with Gasteiger partial charge in [0, 0.05) is 29.9 Å². The van der Waals surface area contributed by atoms with E-state index in [4.69, 9.17) is 9.47 Å². The van der Waals surface area contributed by atoms with Crippen molar-refractivity contribution in [3.8, 4) is 0 Å². The zero-order chi connectivity index (χ0) is 13.8. The first-order chi connectivity index (χ1) is 8.42. The Hall–Kier alpha value is -0.910. The SMILES string of the molecule is COCc1c(Br)cccc1NC(=O)C(C)(C)OC. The van der Waals surface area contributed by atoms with Crippen LogP contribution in [0.4, 0.5) is 5.69 Å².